The second-order valence-electron chi connectivity index (χ2n) is 6.92. The number of hydrogen-bond acceptors (Lipinski definition) is 6. The number of nitrogens with one attached hydrogen (secondary N) is 1. The molecule has 2 aromatic carbocycles. The SMILES string of the molecule is C=CCN1C(=O)/C(=C\c2ccc(OCC(=O)Nc3ccc(C)cc3)c(OCC)c2)SC1=S. The van der Waals surface area contributed by atoms with Gasteiger partial charge in [0.15, 0.2) is 18.1 Å². The van der Waals surface area contributed by atoms with Gasteiger partial charge in [0.2, 0.25) is 0 Å². The number of carbonyl (C=O) groups excluding carboxylic acids is 2. The van der Waals surface area contributed by atoms with Crippen molar-refractivity contribution in [2.24, 2.45) is 0 Å². The maximum atomic E-state index is 12.5. The lowest BCUT2D eigenvalue weighted by Gasteiger charge is -2.13. The second kappa shape index (κ2) is 11.0. The molecule has 0 atom stereocenters. The maximum absolute atomic E-state index is 12.5. The predicted molar refractivity (Wildman–Crippen MR) is 133 cm³/mol. The molecule has 1 saturated heterocycles. The van der Waals surface area contributed by atoms with Gasteiger partial charge in [-0.3, -0.25) is 14.5 Å². The first kappa shape index (κ1) is 23.6. The number of anilines is 1. The summed E-state index contributed by atoms with van der Waals surface area (Å²) in [6.45, 7) is 8.15. The Morgan fingerprint density at radius 1 is 1.19 bits per heavy atom. The largest absolute Gasteiger partial charge is 0.490 e. The number of amides is 2. The van der Waals surface area contributed by atoms with E-state index < -0.39 is 0 Å². The summed E-state index contributed by atoms with van der Waals surface area (Å²) >= 11 is 6.53. The van der Waals surface area contributed by atoms with Crippen molar-refractivity contribution in [3.8, 4) is 11.5 Å². The monoisotopic (exact) mass is 468 g/mol. The summed E-state index contributed by atoms with van der Waals surface area (Å²) in [5, 5.41) is 2.80. The molecule has 0 saturated carbocycles. The summed E-state index contributed by atoms with van der Waals surface area (Å²) in [5.41, 5.74) is 2.59. The van der Waals surface area contributed by atoms with Gasteiger partial charge in [-0.05, 0) is 49.8 Å². The van der Waals surface area contributed by atoms with E-state index in [1.54, 1.807) is 30.4 Å². The van der Waals surface area contributed by atoms with Gasteiger partial charge in [-0.25, -0.2) is 0 Å². The van der Waals surface area contributed by atoms with Crippen molar-refractivity contribution >= 4 is 51.9 Å². The zero-order valence-electron chi connectivity index (χ0n) is 17.9. The number of thiocarbonyl (C=S) groups is 1. The number of aryl methyl sites for hydroxylation is 1. The van der Waals surface area contributed by atoms with Crippen molar-refractivity contribution in [1.29, 1.82) is 0 Å². The molecule has 1 N–H and O–H groups in total. The standard InChI is InChI=1S/C24H24N2O4S2/c1-4-12-26-23(28)21(32-24(26)31)14-17-8-11-19(20(13-17)29-5-2)30-15-22(27)25-18-9-6-16(3)7-10-18/h4,6-11,13-14H,1,5,12,15H2,2-3H3,(H,25,27)/b21-14+. The van der Waals surface area contributed by atoms with Crippen molar-refractivity contribution in [2.45, 2.75) is 13.8 Å². The lowest BCUT2D eigenvalue weighted by atomic mass is 10.2. The van der Waals surface area contributed by atoms with Crippen LogP contribution in [-0.4, -0.2) is 40.8 Å². The second-order valence-corrected chi connectivity index (χ2v) is 8.60. The molecule has 0 bridgehead atoms. The first-order valence-electron chi connectivity index (χ1n) is 10.0. The van der Waals surface area contributed by atoms with Gasteiger partial charge in [0, 0.05) is 12.2 Å². The first-order chi connectivity index (χ1) is 15.4. The Morgan fingerprint density at radius 2 is 1.94 bits per heavy atom. The Bertz CT molecular complexity index is 1060. The summed E-state index contributed by atoms with van der Waals surface area (Å²) in [6.07, 6.45) is 3.40. The smallest absolute Gasteiger partial charge is 0.266 e. The molecule has 0 unspecified atom stereocenters. The van der Waals surface area contributed by atoms with Crippen LogP contribution in [0.25, 0.3) is 6.08 Å². The summed E-state index contributed by atoms with van der Waals surface area (Å²) < 4.78 is 11.9. The van der Waals surface area contributed by atoms with Crippen molar-refractivity contribution in [3.05, 3.63) is 71.2 Å². The average molecular weight is 469 g/mol. The lowest BCUT2D eigenvalue weighted by molar-refractivity contribution is -0.121. The molecule has 0 radical (unpaired) electrons. The Kier molecular flexibility index (Phi) is 8.08. The highest BCUT2D eigenvalue weighted by molar-refractivity contribution is 8.26. The zero-order valence-corrected chi connectivity index (χ0v) is 19.6. The molecule has 1 heterocycles. The van der Waals surface area contributed by atoms with E-state index >= 15 is 0 Å². The molecule has 1 aliphatic heterocycles. The number of thioether (sulfide) groups is 1. The van der Waals surface area contributed by atoms with Gasteiger partial charge in [0.25, 0.3) is 11.8 Å². The van der Waals surface area contributed by atoms with Gasteiger partial charge in [0.1, 0.15) is 4.32 Å². The topological polar surface area (TPSA) is 67.9 Å². The summed E-state index contributed by atoms with van der Waals surface area (Å²) in [6, 6.07) is 12.8. The molecule has 0 aliphatic carbocycles. The fourth-order valence-electron chi connectivity index (χ4n) is 2.92. The molecule has 2 amide bonds. The molecular weight excluding hydrogens is 444 g/mol. The van der Waals surface area contributed by atoms with Gasteiger partial charge in [0.05, 0.1) is 11.5 Å². The minimum Gasteiger partial charge on any atom is -0.490 e. The van der Waals surface area contributed by atoms with Crippen LogP contribution in [0.5, 0.6) is 11.5 Å². The van der Waals surface area contributed by atoms with Crippen molar-refractivity contribution in [2.75, 3.05) is 25.1 Å². The minimum atomic E-state index is -0.272. The van der Waals surface area contributed by atoms with Crippen molar-refractivity contribution in [1.82, 2.24) is 4.90 Å². The fraction of sp³-hybridized carbons (Fsp3) is 0.208. The van der Waals surface area contributed by atoms with E-state index in [2.05, 4.69) is 11.9 Å². The Labute approximate surface area is 197 Å². The predicted octanol–water partition coefficient (Wildman–Crippen LogP) is 4.80. The van der Waals surface area contributed by atoms with Gasteiger partial charge in [-0.15, -0.1) is 6.58 Å². The molecule has 0 aromatic heterocycles. The van der Waals surface area contributed by atoms with Gasteiger partial charge in [-0.1, -0.05) is 53.8 Å². The van der Waals surface area contributed by atoms with E-state index in [0.29, 0.717) is 39.6 Å². The van der Waals surface area contributed by atoms with E-state index in [1.807, 2.05) is 38.1 Å². The molecule has 8 heteroatoms. The third-order valence-corrected chi connectivity index (χ3v) is 5.82. The highest BCUT2D eigenvalue weighted by Gasteiger charge is 2.31. The molecule has 6 nitrogen and oxygen atoms in total. The molecule has 0 spiro atoms. The Hall–Kier alpha value is -3.10. The van der Waals surface area contributed by atoms with E-state index in [0.717, 1.165) is 11.1 Å². The number of rotatable bonds is 9. The van der Waals surface area contributed by atoms with Gasteiger partial charge >= 0.3 is 0 Å². The van der Waals surface area contributed by atoms with E-state index in [1.165, 1.54) is 16.7 Å². The van der Waals surface area contributed by atoms with Gasteiger partial charge in [-0.2, -0.15) is 0 Å². The molecule has 1 fully saturated rings. The number of benzene rings is 2. The zero-order chi connectivity index (χ0) is 23.1. The number of ether oxygens (including phenoxy) is 2. The third-order valence-electron chi connectivity index (χ3n) is 4.44. The normalized spacial score (nSPS) is 14.6. The molecule has 32 heavy (non-hydrogen) atoms. The van der Waals surface area contributed by atoms with E-state index in [-0.39, 0.29) is 18.4 Å². The van der Waals surface area contributed by atoms with Crippen LogP contribution in [0.3, 0.4) is 0 Å². The lowest BCUT2D eigenvalue weighted by Crippen LogP contribution is -2.27. The van der Waals surface area contributed by atoms with Crippen molar-refractivity contribution < 1.29 is 19.1 Å². The number of nitrogens with zero attached hydrogens (tertiary/aromatic N) is 1. The highest BCUT2D eigenvalue weighted by atomic mass is 32.2. The Balaban J connectivity index is 1.70. The summed E-state index contributed by atoms with van der Waals surface area (Å²) in [4.78, 5) is 26.8. The molecule has 3 rings (SSSR count). The maximum Gasteiger partial charge on any atom is 0.266 e. The van der Waals surface area contributed by atoms with Crippen LogP contribution in [0.1, 0.15) is 18.1 Å². The van der Waals surface area contributed by atoms with E-state index in [4.69, 9.17) is 21.7 Å². The van der Waals surface area contributed by atoms with Crippen LogP contribution in [0, 0.1) is 6.92 Å². The average Bonchev–Trinajstić information content (AvgIpc) is 3.03. The number of hydrogen-bond donors (Lipinski definition) is 1. The Morgan fingerprint density at radius 3 is 2.62 bits per heavy atom. The van der Waals surface area contributed by atoms with Crippen LogP contribution in [-0.2, 0) is 9.59 Å². The van der Waals surface area contributed by atoms with Crippen LogP contribution < -0.4 is 14.8 Å². The fourth-order valence-corrected chi connectivity index (χ4v) is 4.19. The quantitative estimate of drug-likeness (QED) is 0.324. The van der Waals surface area contributed by atoms with Crippen LogP contribution in [0.4, 0.5) is 5.69 Å². The number of carbonyl (C=O) groups is 2. The van der Waals surface area contributed by atoms with Crippen LogP contribution >= 0.6 is 24.0 Å². The van der Waals surface area contributed by atoms with Crippen LogP contribution in [0.2, 0.25) is 0 Å². The molecule has 1 aliphatic rings. The summed E-state index contributed by atoms with van der Waals surface area (Å²) in [7, 11) is 0. The third kappa shape index (κ3) is 5.99. The molecule has 166 valence electrons. The molecular formula is C24H24N2O4S2. The van der Waals surface area contributed by atoms with Crippen molar-refractivity contribution in [3.63, 3.8) is 0 Å². The highest BCUT2D eigenvalue weighted by Crippen LogP contribution is 2.34. The summed E-state index contributed by atoms with van der Waals surface area (Å²) in [5.74, 6) is 0.519. The van der Waals surface area contributed by atoms with Gasteiger partial charge < -0.3 is 14.8 Å². The minimum absolute atomic E-state index is 0.147. The molecule has 2 aromatic rings. The van der Waals surface area contributed by atoms with E-state index in [9.17, 15) is 9.59 Å². The first-order valence-corrected chi connectivity index (χ1v) is 11.3. The van der Waals surface area contributed by atoms with Crippen LogP contribution in [0.15, 0.2) is 60.0 Å².